The van der Waals surface area contributed by atoms with Crippen LogP contribution < -0.4 is 5.73 Å². The van der Waals surface area contributed by atoms with Gasteiger partial charge < -0.3 is 10.2 Å². The number of hydrogen-bond donors (Lipinski definition) is 1. The van der Waals surface area contributed by atoms with Crippen molar-refractivity contribution in [1.29, 1.82) is 0 Å². The van der Waals surface area contributed by atoms with Crippen LogP contribution in [0, 0.1) is 0 Å². The maximum Gasteiger partial charge on any atom is 0.199 e. The number of anilines is 1. The highest BCUT2D eigenvalue weighted by Gasteiger charge is 2.00. The zero-order chi connectivity index (χ0) is 6.97. The summed E-state index contributed by atoms with van der Waals surface area (Å²) in [5, 5.41) is 8.25. The van der Waals surface area contributed by atoms with E-state index in [1.54, 1.807) is 12.3 Å². The van der Waals surface area contributed by atoms with Gasteiger partial charge in [0.1, 0.15) is 11.8 Å². The second-order valence-electron chi connectivity index (χ2n) is 1.93. The van der Waals surface area contributed by atoms with E-state index >= 15 is 0 Å². The first kappa shape index (κ1) is 5.22. The van der Waals surface area contributed by atoms with Crippen LogP contribution in [0.25, 0.3) is 10.9 Å². The lowest BCUT2D eigenvalue weighted by molar-refractivity contribution is 0.591. The summed E-state index contributed by atoms with van der Waals surface area (Å²) >= 11 is 0. The summed E-state index contributed by atoms with van der Waals surface area (Å²) in [6.45, 7) is 0. The minimum absolute atomic E-state index is 0.393. The Balaban J connectivity index is 2.93. The maximum atomic E-state index is 5.44. The summed E-state index contributed by atoms with van der Waals surface area (Å²) < 4.78 is 4.89. The van der Waals surface area contributed by atoms with E-state index in [0.29, 0.717) is 11.4 Å². The van der Waals surface area contributed by atoms with Crippen molar-refractivity contribution in [2.24, 2.45) is 0 Å². The molecule has 0 aliphatic rings. The number of furan rings is 1. The van der Waals surface area contributed by atoms with E-state index < -0.39 is 0 Å². The lowest BCUT2D eigenvalue weighted by Gasteiger charge is -1.83. The molecule has 0 aliphatic heterocycles. The molecule has 2 N–H and O–H groups in total. The molecule has 0 atom stereocenters. The largest absolute Gasteiger partial charge is 0.446 e. The van der Waals surface area contributed by atoms with Crippen molar-refractivity contribution in [3.63, 3.8) is 0 Å². The third kappa shape index (κ3) is 0.556. The molecule has 0 unspecified atom stereocenters. The van der Waals surface area contributed by atoms with Crippen LogP contribution in [0.4, 0.5) is 5.88 Å². The Morgan fingerprint density at radius 2 is 2.40 bits per heavy atom. The molecule has 0 spiro atoms. The molecular weight excluding hydrogens is 130 g/mol. The first-order valence-electron chi connectivity index (χ1n) is 2.82. The van der Waals surface area contributed by atoms with Gasteiger partial charge in [0.25, 0.3) is 0 Å². The van der Waals surface area contributed by atoms with Gasteiger partial charge in [0, 0.05) is 0 Å². The summed E-state index contributed by atoms with van der Waals surface area (Å²) in [5.74, 6) is 0.393. The summed E-state index contributed by atoms with van der Waals surface area (Å²) in [5.41, 5.74) is 6.14. The normalized spacial score (nSPS) is 10.4. The van der Waals surface area contributed by atoms with Crippen LogP contribution in [0.5, 0.6) is 0 Å². The number of fused-ring (bicyclic) bond motifs is 1. The van der Waals surface area contributed by atoms with Crippen LogP contribution in [0.2, 0.25) is 0 Å². The highest BCUT2D eigenvalue weighted by Crippen LogP contribution is 2.18. The number of hydrogen-bond acceptors (Lipinski definition) is 4. The first-order chi connectivity index (χ1) is 4.88. The van der Waals surface area contributed by atoms with Crippen LogP contribution >= 0.6 is 0 Å². The molecule has 4 nitrogen and oxygen atoms in total. The molecule has 0 saturated carbocycles. The van der Waals surface area contributed by atoms with Gasteiger partial charge in [0.2, 0.25) is 0 Å². The standard InChI is InChI=1S/C6H5N3O/c7-6-4-1-2-8-9-5(4)3-10-6/h1-3H,7H2. The lowest BCUT2D eigenvalue weighted by Crippen LogP contribution is -1.82. The van der Waals surface area contributed by atoms with Crippen molar-refractivity contribution in [3.8, 4) is 0 Å². The number of nitrogens with zero attached hydrogens (tertiary/aromatic N) is 2. The van der Waals surface area contributed by atoms with Crippen LogP contribution in [-0.4, -0.2) is 10.2 Å². The van der Waals surface area contributed by atoms with Gasteiger partial charge in [0.05, 0.1) is 11.6 Å². The molecule has 2 rings (SSSR count). The van der Waals surface area contributed by atoms with Gasteiger partial charge in [0.15, 0.2) is 5.88 Å². The van der Waals surface area contributed by atoms with Gasteiger partial charge in [-0.25, -0.2) is 0 Å². The predicted octanol–water partition coefficient (Wildman–Crippen LogP) is 0.805. The molecular formula is C6H5N3O. The Morgan fingerprint density at radius 1 is 1.50 bits per heavy atom. The molecule has 2 heterocycles. The molecule has 0 fully saturated rings. The molecule has 10 heavy (non-hydrogen) atoms. The second kappa shape index (κ2) is 1.70. The fourth-order valence-electron chi connectivity index (χ4n) is 0.821. The number of nitrogens with two attached hydrogens (primary N) is 1. The topological polar surface area (TPSA) is 64.9 Å². The minimum Gasteiger partial charge on any atom is -0.446 e. The average Bonchev–Trinajstić information content (AvgIpc) is 2.34. The van der Waals surface area contributed by atoms with Crippen molar-refractivity contribution >= 4 is 16.8 Å². The molecule has 2 aromatic heterocycles. The monoisotopic (exact) mass is 135 g/mol. The molecule has 50 valence electrons. The Hall–Kier alpha value is -1.58. The van der Waals surface area contributed by atoms with Crippen molar-refractivity contribution in [3.05, 3.63) is 18.5 Å². The molecule has 0 radical (unpaired) electrons. The number of rotatable bonds is 0. The van der Waals surface area contributed by atoms with Crippen molar-refractivity contribution in [2.45, 2.75) is 0 Å². The first-order valence-corrected chi connectivity index (χ1v) is 2.82. The summed E-state index contributed by atoms with van der Waals surface area (Å²) in [4.78, 5) is 0. The molecule has 0 aromatic carbocycles. The fourth-order valence-corrected chi connectivity index (χ4v) is 0.821. The molecule has 4 heteroatoms. The summed E-state index contributed by atoms with van der Waals surface area (Å²) in [6.07, 6.45) is 3.06. The summed E-state index contributed by atoms with van der Waals surface area (Å²) in [7, 11) is 0. The van der Waals surface area contributed by atoms with Gasteiger partial charge >= 0.3 is 0 Å². The number of aromatic nitrogens is 2. The highest BCUT2D eigenvalue weighted by molar-refractivity contribution is 5.86. The minimum atomic E-state index is 0.393. The third-order valence-corrected chi connectivity index (χ3v) is 1.31. The van der Waals surface area contributed by atoms with Gasteiger partial charge in [-0.2, -0.15) is 5.10 Å². The predicted molar refractivity (Wildman–Crippen MR) is 36.2 cm³/mol. The van der Waals surface area contributed by atoms with E-state index in [0.717, 1.165) is 5.39 Å². The smallest absolute Gasteiger partial charge is 0.199 e. The van der Waals surface area contributed by atoms with Gasteiger partial charge in [-0.3, -0.25) is 0 Å². The van der Waals surface area contributed by atoms with Gasteiger partial charge in [-0.15, -0.1) is 5.10 Å². The van der Waals surface area contributed by atoms with Crippen molar-refractivity contribution in [2.75, 3.05) is 5.73 Å². The maximum absolute atomic E-state index is 5.44. The molecule has 0 saturated heterocycles. The SMILES string of the molecule is Nc1occ2nnccc12. The zero-order valence-corrected chi connectivity index (χ0v) is 5.11. The van der Waals surface area contributed by atoms with Gasteiger partial charge in [-0.05, 0) is 6.07 Å². The van der Waals surface area contributed by atoms with E-state index in [1.807, 2.05) is 0 Å². The van der Waals surface area contributed by atoms with Crippen LogP contribution in [0.1, 0.15) is 0 Å². The third-order valence-electron chi connectivity index (χ3n) is 1.31. The lowest BCUT2D eigenvalue weighted by atomic mass is 10.3. The van der Waals surface area contributed by atoms with Gasteiger partial charge in [-0.1, -0.05) is 0 Å². The van der Waals surface area contributed by atoms with Crippen LogP contribution in [0.3, 0.4) is 0 Å². The number of nitrogen functional groups attached to an aromatic ring is 1. The van der Waals surface area contributed by atoms with E-state index in [9.17, 15) is 0 Å². The van der Waals surface area contributed by atoms with Crippen molar-refractivity contribution < 1.29 is 4.42 Å². The van der Waals surface area contributed by atoms with E-state index in [2.05, 4.69) is 10.2 Å². The van der Waals surface area contributed by atoms with Crippen LogP contribution in [0.15, 0.2) is 22.9 Å². The van der Waals surface area contributed by atoms with E-state index in [4.69, 9.17) is 10.2 Å². The Bertz CT molecular complexity index is 355. The van der Waals surface area contributed by atoms with E-state index in [-0.39, 0.29) is 0 Å². The van der Waals surface area contributed by atoms with Crippen molar-refractivity contribution in [1.82, 2.24) is 10.2 Å². The fraction of sp³-hybridized carbons (Fsp3) is 0. The quantitative estimate of drug-likeness (QED) is 0.580. The zero-order valence-electron chi connectivity index (χ0n) is 5.11. The highest BCUT2D eigenvalue weighted by atomic mass is 16.3. The Morgan fingerprint density at radius 3 is 3.20 bits per heavy atom. The Kier molecular flexibility index (Phi) is 0.887. The summed E-state index contributed by atoms with van der Waals surface area (Å²) in [6, 6.07) is 1.77. The second-order valence-corrected chi connectivity index (χ2v) is 1.93. The van der Waals surface area contributed by atoms with E-state index in [1.165, 1.54) is 6.26 Å². The Labute approximate surface area is 56.7 Å². The average molecular weight is 135 g/mol. The molecule has 0 aliphatic carbocycles. The molecule has 2 aromatic rings. The van der Waals surface area contributed by atoms with Crippen LogP contribution in [-0.2, 0) is 0 Å². The molecule has 0 bridgehead atoms. The molecule has 0 amide bonds.